The van der Waals surface area contributed by atoms with Gasteiger partial charge in [-0.2, -0.15) is 0 Å². The Bertz CT molecular complexity index is 577. The summed E-state index contributed by atoms with van der Waals surface area (Å²) in [7, 11) is 1.60. The van der Waals surface area contributed by atoms with Crippen molar-refractivity contribution in [2.75, 3.05) is 25.6 Å². The summed E-state index contributed by atoms with van der Waals surface area (Å²) in [6, 6.07) is 5.35. The van der Waals surface area contributed by atoms with Crippen molar-refractivity contribution < 1.29 is 14.3 Å². The number of likely N-dealkylation sites (tertiary alicyclic amines) is 1. The van der Waals surface area contributed by atoms with Crippen LogP contribution in [-0.4, -0.2) is 43.0 Å². The van der Waals surface area contributed by atoms with Gasteiger partial charge in [-0.1, -0.05) is 17.7 Å². The second-order valence-electron chi connectivity index (χ2n) is 5.70. The molecule has 0 saturated carbocycles. The van der Waals surface area contributed by atoms with Gasteiger partial charge in [-0.3, -0.25) is 9.59 Å². The molecule has 1 N–H and O–H groups in total. The Balaban J connectivity index is 1.99. The quantitative estimate of drug-likeness (QED) is 0.905. The van der Waals surface area contributed by atoms with Crippen molar-refractivity contribution in [2.45, 2.75) is 26.3 Å². The van der Waals surface area contributed by atoms with E-state index in [0.29, 0.717) is 23.9 Å². The number of hydrogen-bond acceptors (Lipinski definition) is 3. The van der Waals surface area contributed by atoms with Crippen molar-refractivity contribution in [2.24, 2.45) is 5.92 Å². The lowest BCUT2D eigenvalue weighted by molar-refractivity contribution is -0.130. The van der Waals surface area contributed by atoms with Gasteiger partial charge in [-0.25, -0.2) is 0 Å². The van der Waals surface area contributed by atoms with Crippen molar-refractivity contribution in [1.82, 2.24) is 4.90 Å². The molecule has 22 heavy (non-hydrogen) atoms. The normalized spacial score (nSPS) is 19.4. The van der Waals surface area contributed by atoms with Gasteiger partial charge >= 0.3 is 0 Å². The largest absolute Gasteiger partial charge is 0.383 e. The lowest BCUT2D eigenvalue weighted by Gasteiger charge is -2.23. The maximum atomic E-state index is 12.3. The standard InChI is InChI=1S/C16H21ClN2O3/c1-10-4-5-13(7-14(10)17)18-16(21)12-6-15(20)19(8-12)11(2)9-22-3/h4-5,7,11-12H,6,8-9H2,1-3H3,(H,18,21)/t11-,12-/m1/s1. The van der Waals surface area contributed by atoms with Crippen LogP contribution in [0, 0.1) is 12.8 Å². The number of rotatable bonds is 5. The first-order chi connectivity index (χ1) is 10.4. The summed E-state index contributed by atoms with van der Waals surface area (Å²) >= 11 is 6.05. The topological polar surface area (TPSA) is 58.6 Å². The number of amides is 2. The molecule has 1 aliphatic rings. The fourth-order valence-corrected chi connectivity index (χ4v) is 2.76. The molecule has 0 aliphatic carbocycles. The Hall–Kier alpha value is -1.59. The van der Waals surface area contributed by atoms with E-state index in [2.05, 4.69) is 5.32 Å². The minimum Gasteiger partial charge on any atom is -0.383 e. The van der Waals surface area contributed by atoms with Gasteiger partial charge in [0, 0.05) is 30.8 Å². The van der Waals surface area contributed by atoms with E-state index in [1.165, 1.54) is 0 Å². The highest BCUT2D eigenvalue weighted by Gasteiger charge is 2.36. The molecule has 0 aromatic heterocycles. The van der Waals surface area contributed by atoms with Gasteiger partial charge < -0.3 is 15.0 Å². The molecule has 1 aliphatic heterocycles. The Morgan fingerprint density at radius 3 is 2.91 bits per heavy atom. The molecule has 1 saturated heterocycles. The SMILES string of the molecule is COC[C@@H](C)N1C[C@H](C(=O)Nc2ccc(C)c(Cl)c2)CC1=O. The second-order valence-corrected chi connectivity index (χ2v) is 6.11. The van der Waals surface area contributed by atoms with E-state index in [4.69, 9.17) is 16.3 Å². The first-order valence-corrected chi connectivity index (χ1v) is 7.65. The zero-order valence-corrected chi connectivity index (χ0v) is 13.8. The third kappa shape index (κ3) is 3.78. The van der Waals surface area contributed by atoms with Gasteiger partial charge in [0.15, 0.2) is 0 Å². The minimum absolute atomic E-state index is 0.00774. The summed E-state index contributed by atoms with van der Waals surface area (Å²) in [5.74, 6) is -0.501. The summed E-state index contributed by atoms with van der Waals surface area (Å²) < 4.78 is 5.07. The molecule has 5 nitrogen and oxygen atoms in total. The first-order valence-electron chi connectivity index (χ1n) is 7.27. The molecule has 0 bridgehead atoms. The highest BCUT2D eigenvalue weighted by Crippen LogP contribution is 2.24. The predicted octanol–water partition coefficient (Wildman–Crippen LogP) is 2.47. The summed E-state index contributed by atoms with van der Waals surface area (Å²) in [6.45, 7) is 4.71. The Labute approximate surface area is 135 Å². The van der Waals surface area contributed by atoms with Crippen LogP contribution in [0.25, 0.3) is 0 Å². The number of ether oxygens (including phenoxy) is 1. The summed E-state index contributed by atoms with van der Waals surface area (Å²) in [6.07, 6.45) is 0.236. The molecule has 0 spiro atoms. The molecular weight excluding hydrogens is 304 g/mol. The van der Waals surface area contributed by atoms with Crippen LogP contribution < -0.4 is 5.32 Å². The van der Waals surface area contributed by atoms with Gasteiger partial charge in [0.25, 0.3) is 0 Å². The zero-order valence-electron chi connectivity index (χ0n) is 13.1. The van der Waals surface area contributed by atoms with E-state index in [1.54, 1.807) is 24.1 Å². The fraction of sp³-hybridized carbons (Fsp3) is 0.500. The maximum absolute atomic E-state index is 12.3. The average molecular weight is 325 g/mol. The lowest BCUT2D eigenvalue weighted by Crippen LogP contribution is -2.38. The number of halogens is 1. The fourth-order valence-electron chi connectivity index (χ4n) is 2.58. The number of nitrogens with zero attached hydrogens (tertiary/aromatic N) is 1. The number of aryl methyl sites for hydroxylation is 1. The maximum Gasteiger partial charge on any atom is 0.229 e. The molecule has 1 aromatic carbocycles. The average Bonchev–Trinajstić information content (AvgIpc) is 2.85. The van der Waals surface area contributed by atoms with Gasteiger partial charge in [-0.15, -0.1) is 0 Å². The number of carbonyl (C=O) groups excluding carboxylic acids is 2. The summed E-state index contributed by atoms with van der Waals surface area (Å²) in [5.41, 5.74) is 1.60. The van der Waals surface area contributed by atoms with Crippen LogP contribution in [0.15, 0.2) is 18.2 Å². The number of methoxy groups -OCH3 is 1. The number of anilines is 1. The Morgan fingerprint density at radius 1 is 1.55 bits per heavy atom. The number of hydrogen-bond donors (Lipinski definition) is 1. The Morgan fingerprint density at radius 2 is 2.27 bits per heavy atom. The third-order valence-corrected chi connectivity index (χ3v) is 4.32. The number of benzene rings is 1. The van der Waals surface area contributed by atoms with Crippen LogP contribution >= 0.6 is 11.6 Å². The van der Waals surface area contributed by atoms with Crippen molar-refractivity contribution in [1.29, 1.82) is 0 Å². The van der Waals surface area contributed by atoms with Gasteiger partial charge in [0.1, 0.15) is 0 Å². The molecule has 2 atom stereocenters. The molecule has 120 valence electrons. The van der Waals surface area contributed by atoms with E-state index in [-0.39, 0.29) is 30.2 Å². The van der Waals surface area contributed by atoms with Gasteiger partial charge in [0.05, 0.1) is 18.6 Å². The molecule has 6 heteroatoms. The number of carbonyl (C=O) groups is 2. The predicted molar refractivity (Wildman–Crippen MR) is 86.0 cm³/mol. The van der Waals surface area contributed by atoms with E-state index in [0.717, 1.165) is 5.56 Å². The van der Waals surface area contributed by atoms with E-state index < -0.39 is 0 Å². The van der Waals surface area contributed by atoms with Crippen LogP contribution in [0.4, 0.5) is 5.69 Å². The lowest BCUT2D eigenvalue weighted by atomic mass is 10.1. The first kappa shape index (κ1) is 16.8. The molecule has 1 heterocycles. The molecule has 2 rings (SSSR count). The van der Waals surface area contributed by atoms with Crippen molar-refractivity contribution in [3.8, 4) is 0 Å². The number of nitrogens with one attached hydrogen (secondary N) is 1. The van der Waals surface area contributed by atoms with Crippen molar-refractivity contribution >= 4 is 29.1 Å². The van der Waals surface area contributed by atoms with Crippen LogP contribution in [0.2, 0.25) is 5.02 Å². The van der Waals surface area contributed by atoms with Gasteiger partial charge in [0.2, 0.25) is 11.8 Å². The van der Waals surface area contributed by atoms with E-state index in [9.17, 15) is 9.59 Å². The highest BCUT2D eigenvalue weighted by molar-refractivity contribution is 6.31. The van der Waals surface area contributed by atoms with Gasteiger partial charge in [-0.05, 0) is 31.5 Å². The van der Waals surface area contributed by atoms with E-state index >= 15 is 0 Å². The highest BCUT2D eigenvalue weighted by atomic mass is 35.5. The molecule has 0 radical (unpaired) electrons. The smallest absolute Gasteiger partial charge is 0.229 e. The summed E-state index contributed by atoms with van der Waals surface area (Å²) in [4.78, 5) is 26.0. The van der Waals surface area contributed by atoms with Crippen LogP contribution in [0.3, 0.4) is 0 Å². The van der Waals surface area contributed by atoms with Crippen molar-refractivity contribution in [3.63, 3.8) is 0 Å². The molecule has 1 fully saturated rings. The second kappa shape index (κ2) is 7.11. The minimum atomic E-state index is -0.341. The zero-order chi connectivity index (χ0) is 16.3. The Kier molecular flexibility index (Phi) is 5.42. The van der Waals surface area contributed by atoms with Crippen LogP contribution in [-0.2, 0) is 14.3 Å². The summed E-state index contributed by atoms with van der Waals surface area (Å²) in [5, 5.41) is 3.44. The molecule has 0 unspecified atom stereocenters. The van der Waals surface area contributed by atoms with Crippen LogP contribution in [0.1, 0.15) is 18.9 Å². The third-order valence-electron chi connectivity index (χ3n) is 3.91. The van der Waals surface area contributed by atoms with E-state index in [1.807, 2.05) is 19.9 Å². The van der Waals surface area contributed by atoms with Crippen LogP contribution in [0.5, 0.6) is 0 Å². The molecule has 2 amide bonds. The molecular formula is C16H21ClN2O3. The monoisotopic (exact) mass is 324 g/mol. The molecule has 1 aromatic rings. The van der Waals surface area contributed by atoms with Crippen molar-refractivity contribution in [3.05, 3.63) is 28.8 Å².